The highest BCUT2D eigenvalue weighted by Gasteiger charge is 2.18. The summed E-state index contributed by atoms with van der Waals surface area (Å²) in [4.78, 5) is 12.3. The molecule has 0 aliphatic rings. The van der Waals surface area contributed by atoms with Crippen LogP contribution in [0.3, 0.4) is 0 Å². The molecule has 1 amide bonds. The van der Waals surface area contributed by atoms with Crippen molar-refractivity contribution in [3.63, 3.8) is 0 Å². The Hall–Kier alpha value is -2.96. The highest BCUT2D eigenvalue weighted by Crippen LogP contribution is 2.21. The van der Waals surface area contributed by atoms with Crippen LogP contribution < -0.4 is 5.32 Å². The predicted molar refractivity (Wildman–Crippen MR) is 85.7 cm³/mol. The quantitative estimate of drug-likeness (QED) is 0.799. The van der Waals surface area contributed by atoms with Crippen molar-refractivity contribution in [3.05, 3.63) is 59.3 Å². The van der Waals surface area contributed by atoms with Gasteiger partial charge in [-0.1, -0.05) is 5.16 Å². The maximum absolute atomic E-state index is 13.0. The summed E-state index contributed by atoms with van der Waals surface area (Å²) in [6, 6.07) is 7.11. The Kier molecular flexibility index (Phi) is 4.16. The summed E-state index contributed by atoms with van der Waals surface area (Å²) in [7, 11) is 1.83. The number of rotatable bonds is 4. The van der Waals surface area contributed by atoms with Gasteiger partial charge in [0.2, 0.25) is 0 Å². The van der Waals surface area contributed by atoms with Gasteiger partial charge in [0.25, 0.3) is 5.91 Å². The Morgan fingerprint density at radius 3 is 2.67 bits per heavy atom. The second-order valence-corrected chi connectivity index (χ2v) is 5.62. The molecule has 0 saturated heterocycles. The minimum Gasteiger partial charge on any atom is -0.355 e. The summed E-state index contributed by atoms with van der Waals surface area (Å²) in [5, 5.41) is 10.9. The van der Waals surface area contributed by atoms with Gasteiger partial charge >= 0.3 is 0 Å². The molecular weight excluding hydrogens is 311 g/mol. The minimum atomic E-state index is -0.345. The van der Waals surface area contributed by atoms with Gasteiger partial charge in [0.1, 0.15) is 5.82 Å². The van der Waals surface area contributed by atoms with Gasteiger partial charge < -0.3 is 9.84 Å². The van der Waals surface area contributed by atoms with Crippen molar-refractivity contribution in [1.82, 2.24) is 20.3 Å². The van der Waals surface area contributed by atoms with Gasteiger partial charge in [0.05, 0.1) is 11.7 Å². The van der Waals surface area contributed by atoms with E-state index in [9.17, 15) is 9.18 Å². The lowest BCUT2D eigenvalue weighted by molar-refractivity contribution is 0.0930. The van der Waals surface area contributed by atoms with Gasteiger partial charge in [0.15, 0.2) is 11.5 Å². The Labute approximate surface area is 138 Å². The number of carbonyl (C=O) groups excluding carboxylic acids is 1. The zero-order valence-corrected chi connectivity index (χ0v) is 13.6. The van der Waals surface area contributed by atoms with Crippen molar-refractivity contribution in [3.8, 4) is 11.3 Å². The van der Waals surface area contributed by atoms with E-state index in [-0.39, 0.29) is 23.5 Å². The number of nitrogens with zero attached hydrogens (tertiary/aromatic N) is 3. The van der Waals surface area contributed by atoms with Gasteiger partial charge in [-0.05, 0) is 38.1 Å². The highest BCUT2D eigenvalue weighted by atomic mass is 19.1. The van der Waals surface area contributed by atoms with E-state index in [2.05, 4.69) is 15.6 Å². The van der Waals surface area contributed by atoms with Crippen molar-refractivity contribution in [2.45, 2.75) is 19.9 Å². The molecule has 0 radical (unpaired) electrons. The first-order valence-corrected chi connectivity index (χ1v) is 7.47. The fourth-order valence-corrected chi connectivity index (χ4v) is 2.52. The van der Waals surface area contributed by atoms with Gasteiger partial charge in [-0.2, -0.15) is 5.10 Å². The molecule has 2 aromatic heterocycles. The van der Waals surface area contributed by atoms with Crippen LogP contribution in [-0.4, -0.2) is 20.8 Å². The molecule has 1 atom stereocenters. The van der Waals surface area contributed by atoms with Crippen LogP contribution in [-0.2, 0) is 7.05 Å². The van der Waals surface area contributed by atoms with Crippen molar-refractivity contribution in [2.24, 2.45) is 7.05 Å². The second-order valence-electron chi connectivity index (χ2n) is 5.62. The van der Waals surface area contributed by atoms with Crippen LogP contribution in [0.5, 0.6) is 0 Å². The monoisotopic (exact) mass is 328 g/mol. The number of halogens is 1. The number of nitrogens with one attached hydrogen (secondary N) is 1. The molecule has 0 aliphatic carbocycles. The van der Waals surface area contributed by atoms with Crippen LogP contribution >= 0.6 is 0 Å². The second kappa shape index (κ2) is 6.27. The molecular formula is C17H17FN4O2. The maximum Gasteiger partial charge on any atom is 0.273 e. The van der Waals surface area contributed by atoms with E-state index in [1.807, 2.05) is 27.1 Å². The first-order valence-electron chi connectivity index (χ1n) is 7.47. The van der Waals surface area contributed by atoms with E-state index in [1.165, 1.54) is 18.2 Å². The molecule has 0 bridgehead atoms. The lowest BCUT2D eigenvalue weighted by Crippen LogP contribution is -2.27. The number of amides is 1. The molecule has 24 heavy (non-hydrogen) atoms. The van der Waals surface area contributed by atoms with E-state index < -0.39 is 0 Å². The van der Waals surface area contributed by atoms with Gasteiger partial charge in [-0.25, -0.2) is 4.39 Å². The topological polar surface area (TPSA) is 73.0 Å². The predicted octanol–water partition coefficient (Wildman–Crippen LogP) is 3.01. The third-order valence-corrected chi connectivity index (χ3v) is 3.74. The zero-order valence-electron chi connectivity index (χ0n) is 13.6. The first-order chi connectivity index (χ1) is 11.4. The lowest BCUT2D eigenvalue weighted by atomic mass is 10.1. The fourth-order valence-electron chi connectivity index (χ4n) is 2.52. The SMILES string of the molecule is Cc1nn(C)cc1C(C)NC(=O)c1cc(-c2ccc(F)cc2)on1. The molecule has 3 rings (SSSR count). The maximum atomic E-state index is 13.0. The Balaban J connectivity index is 1.74. The third kappa shape index (κ3) is 3.19. The molecule has 0 aliphatic heterocycles. The lowest BCUT2D eigenvalue weighted by Gasteiger charge is -2.11. The Morgan fingerprint density at radius 1 is 1.33 bits per heavy atom. The average Bonchev–Trinajstić information content (AvgIpc) is 3.14. The number of hydrogen-bond acceptors (Lipinski definition) is 4. The van der Waals surface area contributed by atoms with E-state index in [1.54, 1.807) is 16.8 Å². The summed E-state index contributed by atoms with van der Waals surface area (Å²) in [5.74, 6) is -0.273. The molecule has 0 spiro atoms. The largest absolute Gasteiger partial charge is 0.355 e. The van der Waals surface area contributed by atoms with E-state index in [4.69, 9.17) is 4.52 Å². The molecule has 1 unspecified atom stereocenters. The minimum absolute atomic E-state index is 0.169. The van der Waals surface area contributed by atoms with Crippen LogP contribution in [0.2, 0.25) is 0 Å². The van der Waals surface area contributed by atoms with E-state index >= 15 is 0 Å². The molecule has 124 valence electrons. The molecule has 6 nitrogen and oxygen atoms in total. The van der Waals surface area contributed by atoms with Crippen molar-refractivity contribution >= 4 is 5.91 Å². The Bertz CT molecular complexity index is 867. The standard InChI is InChI=1S/C17H17FN4O2/c1-10(14-9-22(3)20-11(14)2)19-17(23)15-8-16(24-21-15)12-4-6-13(18)7-5-12/h4-10H,1-3H3,(H,19,23). The van der Waals surface area contributed by atoms with Crippen LogP contribution in [0.1, 0.15) is 34.7 Å². The fraction of sp³-hybridized carbons (Fsp3) is 0.235. The van der Waals surface area contributed by atoms with Crippen LogP contribution in [0.25, 0.3) is 11.3 Å². The smallest absolute Gasteiger partial charge is 0.273 e. The van der Waals surface area contributed by atoms with Gasteiger partial charge in [-0.15, -0.1) is 0 Å². The number of aryl methyl sites for hydroxylation is 2. The summed E-state index contributed by atoms with van der Waals surface area (Å²) in [6.45, 7) is 3.77. The van der Waals surface area contributed by atoms with Crippen molar-refractivity contribution in [1.29, 1.82) is 0 Å². The number of aromatic nitrogens is 3. The number of benzene rings is 1. The van der Waals surface area contributed by atoms with Gasteiger partial charge in [-0.3, -0.25) is 9.48 Å². The van der Waals surface area contributed by atoms with Gasteiger partial charge in [0, 0.05) is 30.4 Å². The number of hydrogen-bond donors (Lipinski definition) is 1. The van der Waals surface area contributed by atoms with Crippen LogP contribution in [0.4, 0.5) is 4.39 Å². The first kappa shape index (κ1) is 15.9. The molecule has 7 heteroatoms. The zero-order chi connectivity index (χ0) is 17.3. The normalized spacial score (nSPS) is 12.2. The average molecular weight is 328 g/mol. The number of carbonyl (C=O) groups is 1. The van der Waals surface area contributed by atoms with Crippen molar-refractivity contribution in [2.75, 3.05) is 0 Å². The summed E-state index contributed by atoms with van der Waals surface area (Å²) in [6.07, 6.45) is 1.87. The van der Waals surface area contributed by atoms with Crippen molar-refractivity contribution < 1.29 is 13.7 Å². The third-order valence-electron chi connectivity index (χ3n) is 3.74. The molecule has 0 saturated carbocycles. The summed E-state index contributed by atoms with van der Waals surface area (Å²) >= 11 is 0. The summed E-state index contributed by atoms with van der Waals surface area (Å²) < 4.78 is 19.8. The Morgan fingerprint density at radius 2 is 2.04 bits per heavy atom. The molecule has 0 fully saturated rings. The van der Waals surface area contributed by atoms with E-state index in [0.29, 0.717) is 11.3 Å². The molecule has 1 N–H and O–H groups in total. The van der Waals surface area contributed by atoms with E-state index in [0.717, 1.165) is 11.3 Å². The molecule has 3 aromatic rings. The molecule has 1 aromatic carbocycles. The molecule has 2 heterocycles. The van der Waals surface area contributed by atoms with Crippen LogP contribution in [0.15, 0.2) is 41.1 Å². The highest BCUT2D eigenvalue weighted by molar-refractivity contribution is 5.93. The summed E-state index contributed by atoms with van der Waals surface area (Å²) in [5.41, 5.74) is 2.62. The van der Waals surface area contributed by atoms with Crippen LogP contribution in [0, 0.1) is 12.7 Å².